The average molecular weight is 291 g/mol. The largest absolute Gasteiger partial charge is 0.395 e. The van der Waals surface area contributed by atoms with Gasteiger partial charge in [0, 0.05) is 29.3 Å². The molecule has 0 saturated carbocycles. The van der Waals surface area contributed by atoms with Crippen molar-refractivity contribution in [3.8, 4) is 11.8 Å². The Balaban J connectivity index is 2.89. The second-order valence-corrected chi connectivity index (χ2v) is 5.49. The first-order valence-electron chi connectivity index (χ1n) is 6.59. The molecule has 108 valence electrons. The maximum Gasteiger partial charge on any atom is 0.251 e. The molecule has 20 heavy (non-hydrogen) atoms. The molecule has 1 atom stereocenters. The van der Waals surface area contributed by atoms with Gasteiger partial charge in [-0.3, -0.25) is 4.79 Å². The Kier molecular flexibility index (Phi) is 7.21. The summed E-state index contributed by atoms with van der Waals surface area (Å²) < 4.78 is 0. The quantitative estimate of drug-likeness (QED) is 0.818. The molecule has 0 aromatic heterocycles. The van der Waals surface area contributed by atoms with Crippen molar-refractivity contribution in [2.45, 2.75) is 26.3 Å². The monoisotopic (exact) mass is 291 g/mol. The molecule has 1 aromatic carbocycles. The number of thioether (sulfide) groups is 1. The lowest BCUT2D eigenvalue weighted by Crippen LogP contribution is -2.34. The van der Waals surface area contributed by atoms with Gasteiger partial charge in [0.2, 0.25) is 0 Å². The van der Waals surface area contributed by atoms with Gasteiger partial charge in [-0.05, 0) is 37.8 Å². The zero-order valence-corrected chi connectivity index (χ0v) is 13.0. The fourth-order valence-electron chi connectivity index (χ4n) is 1.82. The molecular formula is C16H21NO2S. The first-order valence-corrected chi connectivity index (χ1v) is 7.98. The van der Waals surface area contributed by atoms with Gasteiger partial charge in [0.1, 0.15) is 0 Å². The average Bonchev–Trinajstić information content (AvgIpc) is 2.41. The Morgan fingerprint density at radius 1 is 1.50 bits per heavy atom. The summed E-state index contributed by atoms with van der Waals surface area (Å²) in [5.41, 5.74) is 2.38. The Morgan fingerprint density at radius 2 is 2.25 bits per heavy atom. The van der Waals surface area contributed by atoms with Crippen LogP contribution < -0.4 is 5.32 Å². The van der Waals surface area contributed by atoms with Gasteiger partial charge in [-0.1, -0.05) is 17.9 Å². The van der Waals surface area contributed by atoms with Crippen LogP contribution in [0.15, 0.2) is 18.2 Å². The molecule has 0 fully saturated rings. The molecule has 4 heteroatoms. The van der Waals surface area contributed by atoms with Crippen LogP contribution in [0.2, 0.25) is 0 Å². The Bertz CT molecular complexity index is 517. The van der Waals surface area contributed by atoms with Crippen molar-refractivity contribution in [1.82, 2.24) is 5.32 Å². The van der Waals surface area contributed by atoms with E-state index in [9.17, 15) is 4.79 Å². The molecule has 1 aromatic rings. The molecule has 2 N–H and O–H groups in total. The van der Waals surface area contributed by atoms with Crippen molar-refractivity contribution in [2.75, 3.05) is 18.6 Å². The minimum absolute atomic E-state index is 0.0540. The number of rotatable bonds is 5. The molecule has 0 saturated heterocycles. The third-order valence-electron chi connectivity index (χ3n) is 2.83. The Labute approximate surface area is 125 Å². The van der Waals surface area contributed by atoms with Crippen LogP contribution in [-0.4, -0.2) is 35.7 Å². The number of aliphatic hydroxyl groups excluding tert-OH is 1. The van der Waals surface area contributed by atoms with E-state index in [1.807, 2.05) is 38.3 Å². The topological polar surface area (TPSA) is 49.3 Å². The molecule has 0 spiro atoms. The number of nitrogens with one attached hydrogen (secondary N) is 1. The molecule has 0 bridgehead atoms. The lowest BCUT2D eigenvalue weighted by atomic mass is 10.0. The van der Waals surface area contributed by atoms with Crippen LogP contribution in [0, 0.1) is 18.8 Å². The summed E-state index contributed by atoms with van der Waals surface area (Å²) in [6.45, 7) is 3.95. The van der Waals surface area contributed by atoms with Gasteiger partial charge >= 0.3 is 0 Å². The predicted molar refractivity (Wildman–Crippen MR) is 85.1 cm³/mol. The van der Waals surface area contributed by atoms with Gasteiger partial charge < -0.3 is 10.4 Å². The number of carbonyl (C=O) groups is 1. The standard InChI is InChI=1S/C16H21NO2S/c1-12(11-20-3)17-16(19)15-9-6-8-14(13(15)2)7-4-5-10-18/h6,8-9,12,18H,5,10-11H2,1-3H3,(H,17,19). The number of hydrogen-bond acceptors (Lipinski definition) is 3. The summed E-state index contributed by atoms with van der Waals surface area (Å²) in [5, 5.41) is 11.7. The zero-order chi connectivity index (χ0) is 15.0. The van der Waals surface area contributed by atoms with Gasteiger partial charge in [0.15, 0.2) is 0 Å². The van der Waals surface area contributed by atoms with Gasteiger partial charge in [0.25, 0.3) is 5.91 Å². The Hall–Kier alpha value is -1.44. The van der Waals surface area contributed by atoms with Crippen molar-refractivity contribution >= 4 is 17.7 Å². The van der Waals surface area contributed by atoms with Gasteiger partial charge in [-0.25, -0.2) is 0 Å². The van der Waals surface area contributed by atoms with E-state index >= 15 is 0 Å². The summed E-state index contributed by atoms with van der Waals surface area (Å²) in [6.07, 6.45) is 2.46. The number of hydrogen-bond donors (Lipinski definition) is 2. The first-order chi connectivity index (χ1) is 9.60. The third kappa shape index (κ3) is 4.92. The molecule has 1 amide bonds. The molecule has 3 nitrogen and oxygen atoms in total. The van der Waals surface area contributed by atoms with Crippen LogP contribution in [-0.2, 0) is 0 Å². The number of benzene rings is 1. The van der Waals surface area contributed by atoms with Crippen molar-refractivity contribution < 1.29 is 9.90 Å². The third-order valence-corrected chi connectivity index (χ3v) is 3.67. The number of aliphatic hydroxyl groups is 1. The smallest absolute Gasteiger partial charge is 0.251 e. The van der Waals surface area contributed by atoms with E-state index in [-0.39, 0.29) is 18.6 Å². The highest BCUT2D eigenvalue weighted by Crippen LogP contribution is 2.13. The van der Waals surface area contributed by atoms with E-state index in [2.05, 4.69) is 17.2 Å². The van der Waals surface area contributed by atoms with Gasteiger partial charge in [-0.2, -0.15) is 11.8 Å². The molecule has 0 radical (unpaired) electrons. The summed E-state index contributed by atoms with van der Waals surface area (Å²) in [5.74, 6) is 6.71. The van der Waals surface area contributed by atoms with E-state index < -0.39 is 0 Å². The highest BCUT2D eigenvalue weighted by molar-refractivity contribution is 7.98. The minimum Gasteiger partial charge on any atom is -0.395 e. The maximum atomic E-state index is 12.2. The highest BCUT2D eigenvalue weighted by atomic mass is 32.2. The van der Waals surface area contributed by atoms with E-state index in [0.29, 0.717) is 12.0 Å². The summed E-state index contributed by atoms with van der Waals surface area (Å²) in [6, 6.07) is 5.68. The molecule has 0 aliphatic rings. The second kappa shape index (κ2) is 8.68. The van der Waals surface area contributed by atoms with Crippen molar-refractivity contribution in [3.05, 3.63) is 34.9 Å². The second-order valence-electron chi connectivity index (χ2n) is 4.58. The zero-order valence-electron chi connectivity index (χ0n) is 12.2. The molecule has 0 aliphatic heterocycles. The fraction of sp³-hybridized carbons (Fsp3) is 0.438. The van der Waals surface area contributed by atoms with E-state index in [4.69, 9.17) is 5.11 Å². The molecule has 0 heterocycles. The van der Waals surface area contributed by atoms with Crippen molar-refractivity contribution in [1.29, 1.82) is 0 Å². The van der Waals surface area contributed by atoms with Crippen LogP contribution in [0.1, 0.15) is 34.8 Å². The van der Waals surface area contributed by atoms with E-state index in [1.165, 1.54) is 0 Å². The lowest BCUT2D eigenvalue weighted by molar-refractivity contribution is 0.0943. The molecule has 1 unspecified atom stereocenters. The highest BCUT2D eigenvalue weighted by Gasteiger charge is 2.13. The number of carbonyl (C=O) groups excluding carboxylic acids is 1. The summed E-state index contributed by atoms with van der Waals surface area (Å²) >= 11 is 1.71. The molecule has 0 aliphatic carbocycles. The van der Waals surface area contributed by atoms with E-state index in [1.54, 1.807) is 11.8 Å². The Morgan fingerprint density at radius 3 is 2.90 bits per heavy atom. The summed E-state index contributed by atoms with van der Waals surface area (Å²) in [7, 11) is 0. The van der Waals surface area contributed by atoms with Gasteiger partial charge in [0.05, 0.1) is 6.61 Å². The van der Waals surface area contributed by atoms with E-state index in [0.717, 1.165) is 16.9 Å². The van der Waals surface area contributed by atoms with Crippen LogP contribution in [0.4, 0.5) is 0 Å². The van der Waals surface area contributed by atoms with Crippen molar-refractivity contribution in [2.24, 2.45) is 0 Å². The van der Waals surface area contributed by atoms with Gasteiger partial charge in [-0.15, -0.1) is 0 Å². The SMILES string of the molecule is CSCC(C)NC(=O)c1cccc(C#CCCO)c1C. The lowest BCUT2D eigenvalue weighted by Gasteiger charge is -2.14. The fourth-order valence-corrected chi connectivity index (χ4v) is 2.41. The van der Waals surface area contributed by atoms with Crippen LogP contribution >= 0.6 is 11.8 Å². The first kappa shape index (κ1) is 16.6. The normalized spacial score (nSPS) is 11.4. The number of amides is 1. The van der Waals surface area contributed by atoms with Crippen molar-refractivity contribution in [3.63, 3.8) is 0 Å². The maximum absolute atomic E-state index is 12.2. The molecule has 1 rings (SSSR count). The molecular weight excluding hydrogens is 270 g/mol. The van der Waals surface area contributed by atoms with Crippen LogP contribution in [0.3, 0.4) is 0 Å². The van der Waals surface area contributed by atoms with Crippen LogP contribution in [0.25, 0.3) is 0 Å². The predicted octanol–water partition coefficient (Wildman–Crippen LogP) is 2.21. The summed E-state index contributed by atoms with van der Waals surface area (Å²) in [4.78, 5) is 12.2. The van der Waals surface area contributed by atoms with Crippen LogP contribution in [0.5, 0.6) is 0 Å². The minimum atomic E-state index is -0.0603.